The van der Waals surface area contributed by atoms with Crippen LogP contribution in [0.1, 0.15) is 0 Å². The molecular formula is C6H4Cl2O2. The molecule has 1 rings (SSSR count). The summed E-state index contributed by atoms with van der Waals surface area (Å²) in [5.74, 6) is -1.04. The predicted molar refractivity (Wildman–Crippen MR) is 37.8 cm³/mol. The first-order valence-corrected chi connectivity index (χ1v) is 3.38. The molecule has 2 unspecified atom stereocenters. The van der Waals surface area contributed by atoms with Crippen molar-refractivity contribution >= 4 is 33.7 Å². The van der Waals surface area contributed by atoms with Gasteiger partial charge in [0.15, 0.2) is 0 Å². The fourth-order valence-corrected chi connectivity index (χ4v) is 1.40. The van der Waals surface area contributed by atoms with Crippen molar-refractivity contribution in [3.05, 3.63) is 12.2 Å². The Morgan fingerprint density at radius 2 is 1.50 bits per heavy atom. The first kappa shape index (κ1) is 7.76. The summed E-state index contributed by atoms with van der Waals surface area (Å²) >= 11 is 10.2. The Hall–Kier alpha value is -0.340. The van der Waals surface area contributed by atoms with Crippen LogP contribution < -0.4 is 0 Å². The van der Waals surface area contributed by atoms with Crippen molar-refractivity contribution in [1.82, 2.24) is 0 Å². The van der Waals surface area contributed by atoms with Gasteiger partial charge in [-0.05, 0) is 23.2 Å². The summed E-state index contributed by atoms with van der Waals surface area (Å²) in [4.78, 5) is 20.9. The van der Waals surface area contributed by atoms with Crippen molar-refractivity contribution in [2.45, 2.75) is 0 Å². The number of rotatable bonds is 2. The van der Waals surface area contributed by atoms with Gasteiger partial charge in [0.25, 0.3) is 0 Å². The van der Waals surface area contributed by atoms with Gasteiger partial charge < -0.3 is 0 Å². The van der Waals surface area contributed by atoms with Crippen molar-refractivity contribution in [1.29, 1.82) is 0 Å². The molecule has 0 aromatic heterocycles. The molecule has 0 radical (unpaired) electrons. The van der Waals surface area contributed by atoms with Crippen molar-refractivity contribution < 1.29 is 9.59 Å². The van der Waals surface area contributed by atoms with Crippen LogP contribution in [0.4, 0.5) is 0 Å². The van der Waals surface area contributed by atoms with Crippen LogP contribution in [0.2, 0.25) is 0 Å². The molecule has 1 aliphatic rings. The van der Waals surface area contributed by atoms with E-state index in [0.29, 0.717) is 5.57 Å². The van der Waals surface area contributed by atoms with E-state index >= 15 is 0 Å². The third kappa shape index (κ3) is 1.09. The van der Waals surface area contributed by atoms with Crippen molar-refractivity contribution in [3.63, 3.8) is 0 Å². The highest BCUT2D eigenvalue weighted by Crippen LogP contribution is 2.46. The monoisotopic (exact) mass is 178 g/mol. The van der Waals surface area contributed by atoms with Crippen LogP contribution in [0.15, 0.2) is 12.2 Å². The van der Waals surface area contributed by atoms with E-state index in [0.717, 1.165) is 0 Å². The molecule has 0 heterocycles. The highest BCUT2D eigenvalue weighted by Gasteiger charge is 2.51. The van der Waals surface area contributed by atoms with Crippen LogP contribution in [-0.2, 0) is 9.59 Å². The van der Waals surface area contributed by atoms with E-state index in [1.54, 1.807) is 0 Å². The fourth-order valence-electron chi connectivity index (χ4n) is 0.868. The van der Waals surface area contributed by atoms with Gasteiger partial charge >= 0.3 is 0 Å². The quantitative estimate of drug-likeness (QED) is 0.473. The zero-order valence-corrected chi connectivity index (χ0v) is 6.45. The van der Waals surface area contributed by atoms with E-state index in [1.807, 2.05) is 0 Å². The Kier molecular flexibility index (Phi) is 1.84. The Bertz CT molecular complexity index is 200. The molecular weight excluding hydrogens is 175 g/mol. The third-order valence-corrected chi connectivity index (χ3v) is 1.98. The van der Waals surface area contributed by atoms with Gasteiger partial charge in [0.1, 0.15) is 0 Å². The molecule has 1 saturated carbocycles. The summed E-state index contributed by atoms with van der Waals surface area (Å²) in [6.45, 7) is 3.46. The minimum absolute atomic E-state index is 0.522. The Labute approximate surface area is 67.8 Å². The smallest absolute Gasteiger partial charge is 0.229 e. The Morgan fingerprint density at radius 3 is 1.60 bits per heavy atom. The molecule has 4 heteroatoms. The number of halogens is 2. The fraction of sp³-hybridized carbons (Fsp3) is 0.333. The second-order valence-corrected chi connectivity index (χ2v) is 2.88. The first-order chi connectivity index (χ1) is 4.55. The molecule has 0 aromatic carbocycles. The average molecular weight is 179 g/mol. The van der Waals surface area contributed by atoms with Crippen molar-refractivity contribution in [3.8, 4) is 0 Å². The standard InChI is InChI=1S/C6H4Cl2O2/c1-2-3(5(7)9)4(2)6(8)10/h3-4H,1H2. The maximum atomic E-state index is 10.4. The lowest BCUT2D eigenvalue weighted by Gasteiger charge is -1.81. The van der Waals surface area contributed by atoms with E-state index < -0.39 is 22.3 Å². The van der Waals surface area contributed by atoms with Gasteiger partial charge in [0.2, 0.25) is 10.5 Å². The molecule has 0 saturated heterocycles. The van der Waals surface area contributed by atoms with E-state index in [9.17, 15) is 9.59 Å². The van der Waals surface area contributed by atoms with Crippen molar-refractivity contribution in [2.75, 3.05) is 0 Å². The zero-order valence-electron chi connectivity index (χ0n) is 4.93. The molecule has 2 atom stereocenters. The number of hydrogen-bond acceptors (Lipinski definition) is 2. The number of carbonyl (C=O) groups excluding carboxylic acids is 2. The van der Waals surface area contributed by atoms with Gasteiger partial charge in [-0.15, -0.1) is 0 Å². The number of hydrogen-bond donors (Lipinski definition) is 0. The predicted octanol–water partition coefficient (Wildman–Crippen LogP) is 1.32. The molecule has 2 nitrogen and oxygen atoms in total. The van der Waals surface area contributed by atoms with Gasteiger partial charge in [-0.1, -0.05) is 12.2 Å². The maximum Gasteiger partial charge on any atom is 0.229 e. The van der Waals surface area contributed by atoms with Gasteiger partial charge in [0, 0.05) is 0 Å². The normalized spacial score (nSPS) is 30.0. The second-order valence-electron chi connectivity index (χ2n) is 2.14. The second kappa shape index (κ2) is 2.36. The molecule has 54 valence electrons. The summed E-state index contributed by atoms with van der Waals surface area (Å²) in [5, 5.41) is -1.10. The minimum atomic E-state index is -0.552. The number of carbonyl (C=O) groups is 2. The van der Waals surface area contributed by atoms with Crippen LogP contribution in [0.5, 0.6) is 0 Å². The first-order valence-electron chi connectivity index (χ1n) is 2.63. The highest BCUT2D eigenvalue weighted by molar-refractivity contribution is 6.68. The van der Waals surface area contributed by atoms with E-state index in [2.05, 4.69) is 6.58 Å². The summed E-state index contributed by atoms with van der Waals surface area (Å²) in [5.41, 5.74) is 0.528. The molecule has 0 N–H and O–H groups in total. The van der Waals surface area contributed by atoms with Crippen LogP contribution in [0.25, 0.3) is 0 Å². The Morgan fingerprint density at radius 1 is 1.20 bits per heavy atom. The van der Waals surface area contributed by atoms with Gasteiger partial charge in [-0.25, -0.2) is 0 Å². The molecule has 0 bridgehead atoms. The van der Waals surface area contributed by atoms with Crippen LogP contribution in [0, 0.1) is 11.8 Å². The molecule has 1 fully saturated rings. The lowest BCUT2D eigenvalue weighted by molar-refractivity contribution is -0.117. The largest absolute Gasteiger partial charge is 0.281 e. The zero-order chi connectivity index (χ0) is 7.89. The summed E-state index contributed by atoms with van der Waals surface area (Å²) in [6, 6.07) is 0. The van der Waals surface area contributed by atoms with Gasteiger partial charge in [-0.3, -0.25) is 9.59 Å². The maximum absolute atomic E-state index is 10.4. The molecule has 0 amide bonds. The summed E-state index contributed by atoms with van der Waals surface area (Å²) in [6.07, 6.45) is 0. The highest BCUT2D eigenvalue weighted by atomic mass is 35.5. The van der Waals surface area contributed by atoms with E-state index in [-0.39, 0.29) is 0 Å². The van der Waals surface area contributed by atoms with Crippen LogP contribution in [0.3, 0.4) is 0 Å². The molecule has 10 heavy (non-hydrogen) atoms. The molecule has 1 aliphatic carbocycles. The summed E-state index contributed by atoms with van der Waals surface area (Å²) < 4.78 is 0. The van der Waals surface area contributed by atoms with Crippen molar-refractivity contribution in [2.24, 2.45) is 11.8 Å². The van der Waals surface area contributed by atoms with Gasteiger partial charge in [0.05, 0.1) is 11.8 Å². The lowest BCUT2D eigenvalue weighted by Crippen LogP contribution is -1.96. The van der Waals surface area contributed by atoms with Crippen LogP contribution >= 0.6 is 23.2 Å². The Balaban J connectivity index is 2.66. The molecule has 0 aromatic rings. The number of allylic oxidation sites excluding steroid dienone is 1. The third-order valence-electron chi connectivity index (χ3n) is 1.51. The average Bonchev–Trinajstić information content (AvgIpc) is 2.40. The summed E-state index contributed by atoms with van der Waals surface area (Å²) in [7, 11) is 0. The lowest BCUT2D eigenvalue weighted by atomic mass is 10.4. The van der Waals surface area contributed by atoms with E-state index in [4.69, 9.17) is 23.2 Å². The molecule has 0 spiro atoms. The SMILES string of the molecule is C=C1C(C(=O)Cl)C1C(=O)Cl. The minimum Gasteiger partial charge on any atom is -0.281 e. The van der Waals surface area contributed by atoms with Gasteiger partial charge in [-0.2, -0.15) is 0 Å². The topological polar surface area (TPSA) is 34.1 Å². The molecule has 0 aliphatic heterocycles. The van der Waals surface area contributed by atoms with Crippen LogP contribution in [-0.4, -0.2) is 10.5 Å². The van der Waals surface area contributed by atoms with E-state index in [1.165, 1.54) is 0 Å².